The topological polar surface area (TPSA) is 55.8 Å². The van der Waals surface area contributed by atoms with E-state index in [0.29, 0.717) is 19.6 Å². The average molecular weight is 513 g/mol. The standard InChI is InChI=1S/C32H64O4/c1-3-5-7-9-11-12-13-14-15-16-17-18-19-20-21-23-25-27-32(34)36-31(29-33)30-35-28-26-24-22-10-8-6-4-2/h31,33H,3-30H2,1-2H3. The van der Waals surface area contributed by atoms with Crippen molar-refractivity contribution in [3.05, 3.63) is 0 Å². The van der Waals surface area contributed by atoms with Crippen molar-refractivity contribution in [2.45, 2.75) is 180 Å². The SMILES string of the molecule is CCCCCCCCCCCCCCCCCCCC(=O)OC(CO)COCCCCCCCCC. The van der Waals surface area contributed by atoms with Crippen molar-refractivity contribution in [1.29, 1.82) is 0 Å². The summed E-state index contributed by atoms with van der Waals surface area (Å²) in [5.74, 6) is -0.200. The van der Waals surface area contributed by atoms with Crippen LogP contribution in [0.25, 0.3) is 0 Å². The zero-order valence-electron chi connectivity index (χ0n) is 24.5. The van der Waals surface area contributed by atoms with Gasteiger partial charge in [-0.25, -0.2) is 0 Å². The van der Waals surface area contributed by atoms with Gasteiger partial charge in [0.2, 0.25) is 0 Å². The van der Waals surface area contributed by atoms with Gasteiger partial charge < -0.3 is 14.6 Å². The lowest BCUT2D eigenvalue weighted by molar-refractivity contribution is -0.154. The zero-order chi connectivity index (χ0) is 26.4. The molecule has 0 aliphatic carbocycles. The predicted molar refractivity (Wildman–Crippen MR) is 155 cm³/mol. The highest BCUT2D eigenvalue weighted by molar-refractivity contribution is 5.69. The van der Waals surface area contributed by atoms with Gasteiger partial charge in [0.1, 0.15) is 6.10 Å². The molecule has 0 rings (SSSR count). The van der Waals surface area contributed by atoms with E-state index >= 15 is 0 Å². The highest BCUT2D eigenvalue weighted by Gasteiger charge is 2.13. The van der Waals surface area contributed by atoms with Crippen LogP contribution in [0, 0.1) is 0 Å². The molecule has 4 nitrogen and oxygen atoms in total. The Bertz CT molecular complexity index is 426. The van der Waals surface area contributed by atoms with Crippen LogP contribution in [0.1, 0.15) is 174 Å². The predicted octanol–water partition coefficient (Wildman–Crippen LogP) is 9.70. The Kier molecular flexibility index (Phi) is 30.1. The summed E-state index contributed by atoms with van der Waals surface area (Å²) < 4.78 is 11.0. The van der Waals surface area contributed by atoms with Crippen molar-refractivity contribution < 1.29 is 19.4 Å². The quantitative estimate of drug-likeness (QED) is 0.0768. The second-order valence-electron chi connectivity index (χ2n) is 10.9. The number of hydrogen-bond acceptors (Lipinski definition) is 4. The van der Waals surface area contributed by atoms with Crippen LogP contribution in [-0.4, -0.2) is 37.0 Å². The molecule has 0 radical (unpaired) electrons. The van der Waals surface area contributed by atoms with Crippen molar-refractivity contribution in [2.24, 2.45) is 0 Å². The monoisotopic (exact) mass is 512 g/mol. The van der Waals surface area contributed by atoms with Crippen molar-refractivity contribution in [1.82, 2.24) is 0 Å². The Hall–Kier alpha value is -0.610. The number of aliphatic hydroxyl groups excluding tert-OH is 1. The normalized spacial score (nSPS) is 12.2. The van der Waals surface area contributed by atoms with Crippen molar-refractivity contribution in [3.8, 4) is 0 Å². The van der Waals surface area contributed by atoms with Crippen LogP contribution in [0.4, 0.5) is 0 Å². The van der Waals surface area contributed by atoms with Gasteiger partial charge in [-0.15, -0.1) is 0 Å². The van der Waals surface area contributed by atoms with Crippen LogP contribution in [0.3, 0.4) is 0 Å². The molecule has 0 amide bonds. The van der Waals surface area contributed by atoms with Crippen molar-refractivity contribution in [3.63, 3.8) is 0 Å². The van der Waals surface area contributed by atoms with Gasteiger partial charge in [-0.05, 0) is 12.8 Å². The van der Waals surface area contributed by atoms with Crippen molar-refractivity contribution in [2.75, 3.05) is 19.8 Å². The Morgan fingerprint density at radius 1 is 0.556 bits per heavy atom. The first-order valence-electron chi connectivity index (χ1n) is 16.1. The second kappa shape index (κ2) is 30.6. The van der Waals surface area contributed by atoms with Gasteiger partial charge in [-0.3, -0.25) is 4.79 Å². The van der Waals surface area contributed by atoms with E-state index in [9.17, 15) is 9.90 Å². The smallest absolute Gasteiger partial charge is 0.306 e. The molecule has 0 aromatic carbocycles. The van der Waals surface area contributed by atoms with Crippen LogP contribution < -0.4 is 0 Å². The van der Waals surface area contributed by atoms with Gasteiger partial charge in [0, 0.05) is 13.0 Å². The van der Waals surface area contributed by atoms with Gasteiger partial charge in [0.25, 0.3) is 0 Å². The number of carbonyl (C=O) groups excluding carboxylic acids is 1. The molecule has 0 aromatic heterocycles. The molecule has 0 bridgehead atoms. The van der Waals surface area contributed by atoms with Crippen LogP contribution >= 0.6 is 0 Å². The highest BCUT2D eigenvalue weighted by Crippen LogP contribution is 2.14. The Labute approximate surface area is 225 Å². The largest absolute Gasteiger partial charge is 0.457 e. The van der Waals surface area contributed by atoms with E-state index in [0.717, 1.165) is 19.3 Å². The Morgan fingerprint density at radius 3 is 1.31 bits per heavy atom. The minimum absolute atomic E-state index is 0.165. The lowest BCUT2D eigenvalue weighted by Gasteiger charge is -2.15. The first-order valence-corrected chi connectivity index (χ1v) is 16.1. The zero-order valence-corrected chi connectivity index (χ0v) is 24.5. The van der Waals surface area contributed by atoms with Crippen LogP contribution in [0.5, 0.6) is 0 Å². The van der Waals surface area contributed by atoms with Gasteiger partial charge in [-0.1, -0.05) is 155 Å². The summed E-state index contributed by atoms with van der Waals surface area (Å²) in [7, 11) is 0. The molecule has 1 unspecified atom stereocenters. The van der Waals surface area contributed by atoms with E-state index in [1.54, 1.807) is 0 Å². The molecular formula is C32H64O4. The number of carbonyl (C=O) groups is 1. The number of ether oxygens (including phenoxy) is 2. The fourth-order valence-electron chi connectivity index (χ4n) is 4.74. The van der Waals surface area contributed by atoms with E-state index in [1.807, 2.05) is 0 Å². The molecule has 1 N–H and O–H groups in total. The minimum Gasteiger partial charge on any atom is -0.457 e. The van der Waals surface area contributed by atoms with Crippen LogP contribution in [-0.2, 0) is 14.3 Å². The molecule has 1 atom stereocenters. The van der Waals surface area contributed by atoms with E-state index in [4.69, 9.17) is 9.47 Å². The maximum Gasteiger partial charge on any atom is 0.306 e. The lowest BCUT2D eigenvalue weighted by Crippen LogP contribution is -2.27. The molecule has 0 aliphatic heterocycles. The third kappa shape index (κ3) is 28.0. The molecular weight excluding hydrogens is 448 g/mol. The first kappa shape index (κ1) is 35.4. The maximum atomic E-state index is 12.0. The molecule has 0 fully saturated rings. The van der Waals surface area contributed by atoms with E-state index in [-0.39, 0.29) is 12.6 Å². The molecule has 0 spiro atoms. The molecule has 216 valence electrons. The summed E-state index contributed by atoms with van der Waals surface area (Å²) >= 11 is 0. The number of esters is 1. The second-order valence-corrected chi connectivity index (χ2v) is 10.9. The van der Waals surface area contributed by atoms with Gasteiger partial charge in [0.15, 0.2) is 0 Å². The summed E-state index contributed by atoms with van der Waals surface area (Å²) in [5, 5.41) is 9.46. The summed E-state index contributed by atoms with van der Waals surface area (Å²) in [6.45, 7) is 5.34. The molecule has 0 aromatic rings. The van der Waals surface area contributed by atoms with Crippen molar-refractivity contribution >= 4 is 5.97 Å². The minimum atomic E-state index is -0.521. The van der Waals surface area contributed by atoms with E-state index < -0.39 is 6.10 Å². The lowest BCUT2D eigenvalue weighted by atomic mass is 10.0. The number of rotatable bonds is 30. The van der Waals surface area contributed by atoms with Gasteiger partial charge in [0.05, 0.1) is 13.2 Å². The Morgan fingerprint density at radius 2 is 0.917 bits per heavy atom. The Balaban J connectivity index is 3.37. The average Bonchev–Trinajstić information content (AvgIpc) is 2.88. The first-order chi connectivity index (χ1) is 17.7. The fraction of sp³-hybridized carbons (Fsp3) is 0.969. The molecule has 0 heterocycles. The summed E-state index contributed by atoms with van der Waals surface area (Å²) in [6.07, 6.45) is 31.4. The molecule has 36 heavy (non-hydrogen) atoms. The molecule has 0 aliphatic rings. The summed E-state index contributed by atoms with van der Waals surface area (Å²) in [4.78, 5) is 12.0. The van der Waals surface area contributed by atoms with Crippen LogP contribution in [0.15, 0.2) is 0 Å². The van der Waals surface area contributed by atoms with Gasteiger partial charge >= 0.3 is 5.97 Å². The fourth-order valence-corrected chi connectivity index (χ4v) is 4.74. The number of aliphatic hydroxyl groups is 1. The maximum absolute atomic E-state index is 12.0. The van der Waals surface area contributed by atoms with E-state index in [1.165, 1.54) is 135 Å². The van der Waals surface area contributed by atoms with E-state index in [2.05, 4.69) is 13.8 Å². The molecule has 0 saturated heterocycles. The summed E-state index contributed by atoms with van der Waals surface area (Å²) in [5.41, 5.74) is 0. The third-order valence-electron chi connectivity index (χ3n) is 7.18. The highest BCUT2D eigenvalue weighted by atomic mass is 16.6. The molecule has 0 saturated carbocycles. The van der Waals surface area contributed by atoms with Crippen LogP contribution in [0.2, 0.25) is 0 Å². The summed E-state index contributed by atoms with van der Waals surface area (Å²) in [6, 6.07) is 0. The van der Waals surface area contributed by atoms with Gasteiger partial charge in [-0.2, -0.15) is 0 Å². The number of hydrogen-bond donors (Lipinski definition) is 1. The molecule has 4 heteroatoms. The number of unbranched alkanes of at least 4 members (excludes halogenated alkanes) is 22. The third-order valence-corrected chi connectivity index (χ3v) is 7.18.